The standard InChI is InChI=1S/C14H13ClN2O3/c15-9-5-11(16-10-4-2-1-3-8(9)10)14(20)17-6-12(18)13(19)7-17/h1-5,12-13,18-19H,6-7H2/t12-,13+. The van der Waals surface area contributed by atoms with E-state index in [0.29, 0.717) is 10.5 Å². The van der Waals surface area contributed by atoms with Crippen LogP contribution in [-0.2, 0) is 0 Å². The van der Waals surface area contributed by atoms with E-state index in [0.717, 1.165) is 5.39 Å². The van der Waals surface area contributed by atoms with Crippen molar-refractivity contribution >= 4 is 28.4 Å². The number of nitrogens with zero attached hydrogens (tertiary/aromatic N) is 2. The largest absolute Gasteiger partial charge is 0.388 e. The van der Waals surface area contributed by atoms with Gasteiger partial charge in [-0.25, -0.2) is 4.98 Å². The Labute approximate surface area is 120 Å². The summed E-state index contributed by atoms with van der Waals surface area (Å²) in [6, 6.07) is 8.81. The molecule has 20 heavy (non-hydrogen) atoms. The lowest BCUT2D eigenvalue weighted by molar-refractivity contribution is 0.0572. The maximum atomic E-state index is 12.3. The van der Waals surface area contributed by atoms with Gasteiger partial charge in [0.2, 0.25) is 0 Å². The predicted molar refractivity (Wildman–Crippen MR) is 74.7 cm³/mol. The summed E-state index contributed by atoms with van der Waals surface area (Å²) in [5, 5.41) is 20.2. The number of amides is 1. The van der Waals surface area contributed by atoms with E-state index >= 15 is 0 Å². The topological polar surface area (TPSA) is 73.7 Å². The molecule has 0 radical (unpaired) electrons. The number of para-hydroxylation sites is 1. The summed E-state index contributed by atoms with van der Waals surface area (Å²) in [7, 11) is 0. The number of carbonyl (C=O) groups is 1. The van der Waals surface area contributed by atoms with Crippen molar-refractivity contribution in [1.82, 2.24) is 9.88 Å². The number of carbonyl (C=O) groups excluding carboxylic acids is 1. The lowest BCUT2D eigenvalue weighted by Gasteiger charge is -2.15. The highest BCUT2D eigenvalue weighted by molar-refractivity contribution is 6.35. The molecule has 5 nitrogen and oxygen atoms in total. The molecule has 1 aliphatic rings. The van der Waals surface area contributed by atoms with Crippen molar-refractivity contribution in [1.29, 1.82) is 0 Å². The average molecular weight is 293 g/mol. The maximum absolute atomic E-state index is 12.3. The molecule has 1 aromatic carbocycles. The number of halogens is 1. The van der Waals surface area contributed by atoms with Crippen LogP contribution in [0, 0.1) is 0 Å². The van der Waals surface area contributed by atoms with Gasteiger partial charge in [0.1, 0.15) is 5.69 Å². The average Bonchev–Trinajstić information content (AvgIpc) is 2.78. The molecule has 2 aromatic rings. The van der Waals surface area contributed by atoms with Crippen molar-refractivity contribution in [3.63, 3.8) is 0 Å². The van der Waals surface area contributed by atoms with Crippen LogP contribution in [0.15, 0.2) is 30.3 Å². The normalized spacial score (nSPS) is 22.4. The molecule has 2 N–H and O–H groups in total. The second-order valence-electron chi connectivity index (χ2n) is 4.85. The smallest absolute Gasteiger partial charge is 0.272 e. The van der Waals surface area contributed by atoms with Crippen LogP contribution >= 0.6 is 11.6 Å². The number of aliphatic hydroxyl groups is 2. The number of benzene rings is 1. The number of aromatic nitrogens is 1. The highest BCUT2D eigenvalue weighted by Gasteiger charge is 2.33. The molecule has 0 bridgehead atoms. The molecule has 0 spiro atoms. The Morgan fingerprint density at radius 2 is 1.90 bits per heavy atom. The van der Waals surface area contributed by atoms with Gasteiger partial charge in [-0.1, -0.05) is 29.8 Å². The Kier molecular flexibility index (Phi) is 3.33. The summed E-state index contributed by atoms with van der Waals surface area (Å²) in [5.74, 6) is -0.340. The van der Waals surface area contributed by atoms with E-state index in [1.807, 2.05) is 18.2 Å². The molecule has 1 aliphatic heterocycles. The van der Waals surface area contributed by atoms with Gasteiger partial charge in [-0.05, 0) is 12.1 Å². The number of aliphatic hydroxyl groups excluding tert-OH is 2. The van der Waals surface area contributed by atoms with Gasteiger partial charge in [-0.2, -0.15) is 0 Å². The Bertz CT molecular complexity index is 667. The first-order chi connectivity index (χ1) is 9.56. The zero-order valence-corrected chi connectivity index (χ0v) is 11.3. The lowest BCUT2D eigenvalue weighted by Crippen LogP contribution is -2.30. The Morgan fingerprint density at radius 3 is 2.60 bits per heavy atom. The van der Waals surface area contributed by atoms with Gasteiger partial charge >= 0.3 is 0 Å². The van der Waals surface area contributed by atoms with Gasteiger partial charge in [0, 0.05) is 18.5 Å². The van der Waals surface area contributed by atoms with Gasteiger partial charge in [0.15, 0.2) is 0 Å². The fourth-order valence-corrected chi connectivity index (χ4v) is 2.60. The molecule has 1 saturated heterocycles. The summed E-state index contributed by atoms with van der Waals surface area (Å²) in [4.78, 5) is 18.0. The summed E-state index contributed by atoms with van der Waals surface area (Å²) in [6.45, 7) is 0.207. The van der Waals surface area contributed by atoms with Crippen molar-refractivity contribution in [2.75, 3.05) is 13.1 Å². The van der Waals surface area contributed by atoms with E-state index in [4.69, 9.17) is 11.6 Å². The van der Waals surface area contributed by atoms with Crippen molar-refractivity contribution < 1.29 is 15.0 Å². The lowest BCUT2D eigenvalue weighted by atomic mass is 10.2. The summed E-state index contributed by atoms with van der Waals surface area (Å²) >= 11 is 6.16. The molecule has 0 aliphatic carbocycles. The third-order valence-corrected chi connectivity index (χ3v) is 3.74. The van der Waals surface area contributed by atoms with Crippen LogP contribution < -0.4 is 0 Å². The van der Waals surface area contributed by atoms with E-state index in [2.05, 4.69) is 4.98 Å². The first-order valence-electron chi connectivity index (χ1n) is 6.27. The molecule has 1 fully saturated rings. The maximum Gasteiger partial charge on any atom is 0.272 e. The quantitative estimate of drug-likeness (QED) is 0.824. The molecule has 104 valence electrons. The fraction of sp³-hybridized carbons (Fsp3) is 0.286. The van der Waals surface area contributed by atoms with Gasteiger partial charge in [-0.15, -0.1) is 0 Å². The van der Waals surface area contributed by atoms with Gasteiger partial charge < -0.3 is 15.1 Å². The molecular weight excluding hydrogens is 280 g/mol. The van der Waals surface area contributed by atoms with Crippen LogP contribution in [0.2, 0.25) is 5.02 Å². The summed E-state index contributed by atoms with van der Waals surface area (Å²) in [5.41, 5.74) is 0.860. The third kappa shape index (κ3) is 2.24. The summed E-state index contributed by atoms with van der Waals surface area (Å²) < 4.78 is 0. The van der Waals surface area contributed by atoms with Gasteiger partial charge in [0.25, 0.3) is 5.91 Å². The predicted octanol–water partition coefficient (Wildman–Crippen LogP) is 1.07. The SMILES string of the molecule is O=C(c1cc(Cl)c2ccccc2n1)N1C[C@@H](O)[C@@H](O)C1. The van der Waals surface area contributed by atoms with Gasteiger partial charge in [0.05, 0.1) is 22.7 Å². The van der Waals surface area contributed by atoms with Crippen LogP contribution in [0.4, 0.5) is 0 Å². The number of fused-ring (bicyclic) bond motifs is 1. The van der Waals surface area contributed by atoms with E-state index in [9.17, 15) is 15.0 Å². The number of rotatable bonds is 1. The Morgan fingerprint density at radius 1 is 1.25 bits per heavy atom. The zero-order valence-electron chi connectivity index (χ0n) is 10.5. The number of pyridine rings is 1. The molecule has 3 rings (SSSR count). The van der Waals surface area contributed by atoms with Crippen molar-refractivity contribution in [2.24, 2.45) is 0 Å². The monoisotopic (exact) mass is 292 g/mol. The minimum Gasteiger partial charge on any atom is -0.388 e. The summed E-state index contributed by atoms with van der Waals surface area (Å²) in [6.07, 6.45) is -1.82. The number of hydrogen-bond donors (Lipinski definition) is 2. The zero-order chi connectivity index (χ0) is 14.3. The van der Waals surface area contributed by atoms with Crippen LogP contribution in [-0.4, -0.2) is 51.3 Å². The minimum absolute atomic E-state index is 0.103. The first kappa shape index (κ1) is 13.3. The second-order valence-corrected chi connectivity index (χ2v) is 5.26. The number of β-amino-alcohol motifs (C(OH)–C–C–N with tert-alkyl or cyclic N) is 2. The number of likely N-dealkylation sites (tertiary alicyclic amines) is 1. The third-order valence-electron chi connectivity index (χ3n) is 3.43. The van der Waals surface area contributed by atoms with E-state index in [1.165, 1.54) is 11.0 Å². The highest BCUT2D eigenvalue weighted by atomic mass is 35.5. The van der Waals surface area contributed by atoms with Crippen LogP contribution in [0.5, 0.6) is 0 Å². The molecule has 1 amide bonds. The van der Waals surface area contributed by atoms with E-state index in [-0.39, 0.29) is 24.7 Å². The molecule has 2 heterocycles. The molecule has 0 unspecified atom stereocenters. The number of hydrogen-bond acceptors (Lipinski definition) is 4. The van der Waals surface area contributed by atoms with Gasteiger partial charge in [-0.3, -0.25) is 4.79 Å². The molecule has 2 atom stereocenters. The van der Waals surface area contributed by atoms with Crippen molar-refractivity contribution in [2.45, 2.75) is 12.2 Å². The molecule has 1 aromatic heterocycles. The second kappa shape index (κ2) is 5.01. The molecular formula is C14H13ClN2O3. The van der Waals surface area contributed by atoms with Crippen molar-refractivity contribution in [3.8, 4) is 0 Å². The van der Waals surface area contributed by atoms with Crippen molar-refractivity contribution in [3.05, 3.63) is 41.0 Å². The van der Waals surface area contributed by atoms with Crippen LogP contribution in [0.3, 0.4) is 0 Å². The van der Waals surface area contributed by atoms with E-state index in [1.54, 1.807) is 6.07 Å². The van der Waals surface area contributed by atoms with E-state index < -0.39 is 12.2 Å². The fourth-order valence-electron chi connectivity index (χ4n) is 2.34. The first-order valence-corrected chi connectivity index (χ1v) is 6.65. The Hall–Kier alpha value is -1.69. The molecule has 0 saturated carbocycles. The highest BCUT2D eigenvalue weighted by Crippen LogP contribution is 2.24. The Balaban J connectivity index is 1.96. The molecule has 6 heteroatoms. The van der Waals surface area contributed by atoms with Crippen LogP contribution in [0.25, 0.3) is 10.9 Å². The van der Waals surface area contributed by atoms with Crippen LogP contribution in [0.1, 0.15) is 10.5 Å². The minimum atomic E-state index is -0.908.